The first-order valence-electron chi connectivity index (χ1n) is 6.44. The van der Waals surface area contributed by atoms with E-state index in [-0.39, 0.29) is 5.82 Å². The van der Waals surface area contributed by atoms with Gasteiger partial charge in [0.2, 0.25) is 0 Å². The first kappa shape index (κ1) is 14.9. The summed E-state index contributed by atoms with van der Waals surface area (Å²) in [5.41, 5.74) is 2.95. The summed E-state index contributed by atoms with van der Waals surface area (Å²) in [7, 11) is 0. The maximum absolute atomic E-state index is 13.9. The van der Waals surface area contributed by atoms with E-state index in [1.165, 1.54) is 12.4 Å². The Labute approximate surface area is 121 Å². The molecule has 5 nitrogen and oxygen atoms in total. The predicted octanol–water partition coefficient (Wildman–Crippen LogP) is 2.23. The standard InChI is InChI=1S/C13H17ClFN5/c1-2-6-20-12(17-8-18-20)7-11(19-16)13-9(14)4-3-5-10(13)15/h3-5,8,11,19H,2,6-7,16H2,1H3. The molecule has 7 heteroatoms. The van der Waals surface area contributed by atoms with E-state index in [1.807, 2.05) is 0 Å². The second-order valence-corrected chi connectivity index (χ2v) is 4.87. The highest BCUT2D eigenvalue weighted by Crippen LogP contribution is 2.27. The fourth-order valence-corrected chi connectivity index (χ4v) is 2.41. The number of hydrazine groups is 1. The summed E-state index contributed by atoms with van der Waals surface area (Å²) in [6.45, 7) is 2.81. The van der Waals surface area contributed by atoms with E-state index in [0.29, 0.717) is 17.0 Å². The van der Waals surface area contributed by atoms with Crippen molar-refractivity contribution in [3.8, 4) is 0 Å². The largest absolute Gasteiger partial charge is 0.271 e. The molecular weight excluding hydrogens is 281 g/mol. The summed E-state index contributed by atoms with van der Waals surface area (Å²) in [5.74, 6) is 5.91. The third-order valence-corrected chi connectivity index (χ3v) is 3.40. The second-order valence-electron chi connectivity index (χ2n) is 4.46. The van der Waals surface area contributed by atoms with Crippen molar-refractivity contribution >= 4 is 11.6 Å². The van der Waals surface area contributed by atoms with Crippen LogP contribution in [0.2, 0.25) is 5.02 Å². The van der Waals surface area contributed by atoms with Crippen LogP contribution in [0.15, 0.2) is 24.5 Å². The van der Waals surface area contributed by atoms with Crippen LogP contribution in [0.1, 0.15) is 30.8 Å². The highest BCUT2D eigenvalue weighted by molar-refractivity contribution is 6.31. The second kappa shape index (κ2) is 6.78. The van der Waals surface area contributed by atoms with Crippen LogP contribution in [0.3, 0.4) is 0 Å². The molecule has 20 heavy (non-hydrogen) atoms. The van der Waals surface area contributed by atoms with E-state index in [9.17, 15) is 4.39 Å². The van der Waals surface area contributed by atoms with Crippen molar-refractivity contribution in [1.29, 1.82) is 0 Å². The molecule has 2 rings (SSSR count). The molecule has 108 valence electrons. The number of halogens is 2. The van der Waals surface area contributed by atoms with E-state index in [4.69, 9.17) is 17.4 Å². The van der Waals surface area contributed by atoms with Crippen LogP contribution in [0.5, 0.6) is 0 Å². The van der Waals surface area contributed by atoms with E-state index in [2.05, 4.69) is 22.4 Å². The van der Waals surface area contributed by atoms with Crippen LogP contribution in [0, 0.1) is 5.82 Å². The van der Waals surface area contributed by atoms with Crippen molar-refractivity contribution in [3.05, 3.63) is 46.8 Å². The molecule has 0 aliphatic rings. The third-order valence-electron chi connectivity index (χ3n) is 3.07. The lowest BCUT2D eigenvalue weighted by Crippen LogP contribution is -2.31. The zero-order valence-electron chi connectivity index (χ0n) is 11.2. The van der Waals surface area contributed by atoms with Gasteiger partial charge in [-0.15, -0.1) is 0 Å². The van der Waals surface area contributed by atoms with E-state index >= 15 is 0 Å². The molecule has 3 N–H and O–H groups in total. The maximum Gasteiger partial charge on any atom is 0.138 e. The first-order chi connectivity index (χ1) is 9.67. The molecule has 0 aliphatic heterocycles. The van der Waals surface area contributed by atoms with Gasteiger partial charge < -0.3 is 0 Å². The minimum Gasteiger partial charge on any atom is -0.271 e. The molecule has 1 unspecified atom stereocenters. The third kappa shape index (κ3) is 3.15. The Bertz CT molecular complexity index is 551. The number of aryl methyl sites for hydroxylation is 1. The fourth-order valence-electron chi connectivity index (χ4n) is 2.12. The van der Waals surface area contributed by atoms with Gasteiger partial charge in [-0.25, -0.2) is 9.37 Å². The molecule has 1 heterocycles. The van der Waals surface area contributed by atoms with Crippen molar-refractivity contribution in [3.63, 3.8) is 0 Å². The zero-order chi connectivity index (χ0) is 14.5. The Morgan fingerprint density at radius 2 is 2.30 bits per heavy atom. The molecule has 1 aromatic carbocycles. The average molecular weight is 298 g/mol. The number of rotatable bonds is 6. The minimum atomic E-state index is -0.455. The lowest BCUT2D eigenvalue weighted by atomic mass is 10.0. The normalized spacial score (nSPS) is 12.6. The van der Waals surface area contributed by atoms with Crippen molar-refractivity contribution in [2.24, 2.45) is 5.84 Å². The van der Waals surface area contributed by atoms with Gasteiger partial charge in [0.25, 0.3) is 0 Å². The number of nitrogens with zero attached hydrogens (tertiary/aromatic N) is 3. The molecule has 1 aromatic heterocycles. The number of hydrogen-bond donors (Lipinski definition) is 2. The van der Waals surface area contributed by atoms with Crippen LogP contribution in [-0.2, 0) is 13.0 Å². The Morgan fingerprint density at radius 1 is 1.50 bits per heavy atom. The Morgan fingerprint density at radius 3 is 2.95 bits per heavy atom. The molecule has 0 bridgehead atoms. The van der Waals surface area contributed by atoms with Gasteiger partial charge in [0.1, 0.15) is 18.0 Å². The average Bonchev–Trinajstić information content (AvgIpc) is 2.85. The van der Waals surface area contributed by atoms with Gasteiger partial charge in [0.15, 0.2) is 0 Å². The molecule has 0 saturated carbocycles. The zero-order valence-corrected chi connectivity index (χ0v) is 11.9. The Hall–Kier alpha value is -1.50. The summed E-state index contributed by atoms with van der Waals surface area (Å²) in [4.78, 5) is 4.20. The minimum absolute atomic E-state index is 0.342. The molecule has 0 saturated heterocycles. The molecule has 0 fully saturated rings. The molecule has 0 amide bonds. The van der Waals surface area contributed by atoms with Crippen LogP contribution in [0.25, 0.3) is 0 Å². The summed E-state index contributed by atoms with van der Waals surface area (Å²) in [6.07, 6.45) is 2.84. The van der Waals surface area contributed by atoms with Crippen LogP contribution in [0.4, 0.5) is 4.39 Å². The SMILES string of the molecule is CCCn1ncnc1CC(NN)c1c(F)cccc1Cl. The highest BCUT2D eigenvalue weighted by atomic mass is 35.5. The molecule has 0 radical (unpaired) electrons. The lowest BCUT2D eigenvalue weighted by Gasteiger charge is -2.18. The Balaban J connectivity index is 2.27. The quantitative estimate of drug-likeness (QED) is 0.634. The van der Waals surface area contributed by atoms with Gasteiger partial charge in [-0.2, -0.15) is 5.10 Å². The van der Waals surface area contributed by atoms with Crippen molar-refractivity contribution in [1.82, 2.24) is 20.2 Å². The first-order valence-corrected chi connectivity index (χ1v) is 6.81. The highest BCUT2D eigenvalue weighted by Gasteiger charge is 2.20. The lowest BCUT2D eigenvalue weighted by molar-refractivity contribution is 0.479. The van der Waals surface area contributed by atoms with Crippen LogP contribution in [-0.4, -0.2) is 14.8 Å². The van der Waals surface area contributed by atoms with Crippen molar-refractivity contribution in [2.45, 2.75) is 32.4 Å². The summed E-state index contributed by atoms with van der Waals surface area (Å²) in [6, 6.07) is 4.11. The number of benzene rings is 1. The predicted molar refractivity (Wildman–Crippen MR) is 75.5 cm³/mol. The molecule has 0 spiro atoms. The van der Waals surface area contributed by atoms with Gasteiger partial charge in [-0.05, 0) is 18.6 Å². The Kier molecular flexibility index (Phi) is 5.05. The molecule has 1 atom stereocenters. The van der Waals surface area contributed by atoms with Gasteiger partial charge in [0, 0.05) is 23.6 Å². The smallest absolute Gasteiger partial charge is 0.138 e. The number of aromatic nitrogens is 3. The summed E-state index contributed by atoms with van der Waals surface area (Å²) >= 11 is 6.07. The van der Waals surface area contributed by atoms with E-state index in [0.717, 1.165) is 18.8 Å². The topological polar surface area (TPSA) is 68.8 Å². The van der Waals surface area contributed by atoms with Crippen LogP contribution >= 0.6 is 11.6 Å². The summed E-state index contributed by atoms with van der Waals surface area (Å²) in [5, 5.41) is 4.48. The van der Waals surface area contributed by atoms with Gasteiger partial charge in [0.05, 0.1) is 6.04 Å². The van der Waals surface area contributed by atoms with E-state index in [1.54, 1.807) is 16.8 Å². The molecular formula is C13H17ClFN5. The number of hydrogen-bond acceptors (Lipinski definition) is 4. The maximum atomic E-state index is 13.9. The number of nitrogens with one attached hydrogen (secondary N) is 1. The summed E-state index contributed by atoms with van der Waals surface area (Å²) < 4.78 is 15.7. The van der Waals surface area contributed by atoms with Crippen molar-refractivity contribution in [2.75, 3.05) is 0 Å². The van der Waals surface area contributed by atoms with Crippen LogP contribution < -0.4 is 11.3 Å². The fraction of sp³-hybridized carbons (Fsp3) is 0.385. The van der Waals surface area contributed by atoms with Gasteiger partial charge in [-0.3, -0.25) is 16.0 Å². The monoisotopic (exact) mass is 297 g/mol. The molecule has 2 aromatic rings. The van der Waals surface area contributed by atoms with Gasteiger partial charge >= 0.3 is 0 Å². The molecule has 0 aliphatic carbocycles. The van der Waals surface area contributed by atoms with E-state index < -0.39 is 6.04 Å². The van der Waals surface area contributed by atoms with Gasteiger partial charge in [-0.1, -0.05) is 24.6 Å². The number of nitrogens with two attached hydrogens (primary N) is 1. The van der Waals surface area contributed by atoms with Crippen molar-refractivity contribution < 1.29 is 4.39 Å².